The van der Waals surface area contributed by atoms with Crippen LogP contribution in [0.4, 0.5) is 5.69 Å². The normalized spacial score (nSPS) is 10.0. The van der Waals surface area contributed by atoms with Gasteiger partial charge >= 0.3 is 0 Å². The predicted molar refractivity (Wildman–Crippen MR) is 84.5 cm³/mol. The van der Waals surface area contributed by atoms with E-state index in [0.29, 0.717) is 5.75 Å². The molecule has 0 aliphatic heterocycles. The van der Waals surface area contributed by atoms with Crippen LogP contribution in [0.15, 0.2) is 48.5 Å². The smallest absolute Gasteiger partial charge is 0.257 e. The number of anilines is 1. The van der Waals surface area contributed by atoms with Gasteiger partial charge in [0.1, 0.15) is 5.75 Å². The lowest BCUT2D eigenvalue weighted by Crippen LogP contribution is -2.24. The number of benzene rings is 2. The van der Waals surface area contributed by atoms with Gasteiger partial charge in [0.05, 0.1) is 0 Å². The van der Waals surface area contributed by atoms with Crippen LogP contribution in [-0.4, -0.2) is 19.6 Å². The Morgan fingerprint density at radius 1 is 1.10 bits per heavy atom. The van der Waals surface area contributed by atoms with Crippen molar-refractivity contribution in [3.63, 3.8) is 0 Å². The zero-order valence-electron chi connectivity index (χ0n) is 12.3. The summed E-state index contributed by atoms with van der Waals surface area (Å²) in [7, 11) is 1.59. The minimum absolute atomic E-state index is 0.0342. The summed E-state index contributed by atoms with van der Waals surface area (Å²) in [6, 6.07) is 15.9. The first-order chi connectivity index (χ1) is 10.2. The maximum atomic E-state index is 11.1. The van der Waals surface area contributed by atoms with E-state index in [1.54, 1.807) is 7.05 Å². The van der Waals surface area contributed by atoms with E-state index < -0.39 is 0 Å². The summed E-state index contributed by atoms with van der Waals surface area (Å²) in [5, 5.41) is 5.88. The van der Waals surface area contributed by atoms with Gasteiger partial charge in [-0.3, -0.25) is 4.79 Å². The number of carbonyl (C=O) groups is 1. The molecule has 2 aromatic carbocycles. The Labute approximate surface area is 125 Å². The third-order valence-corrected chi connectivity index (χ3v) is 3.25. The van der Waals surface area contributed by atoms with Gasteiger partial charge in [0.15, 0.2) is 6.61 Å². The highest BCUT2D eigenvalue weighted by Gasteiger charge is 2.01. The number of nitrogens with one attached hydrogen (secondary N) is 2. The Morgan fingerprint density at radius 2 is 1.81 bits per heavy atom. The van der Waals surface area contributed by atoms with Crippen molar-refractivity contribution in [1.82, 2.24) is 5.32 Å². The molecular formula is C17H20N2O2. The van der Waals surface area contributed by atoms with Gasteiger partial charge in [-0.15, -0.1) is 0 Å². The van der Waals surface area contributed by atoms with Gasteiger partial charge < -0.3 is 15.4 Å². The van der Waals surface area contributed by atoms with E-state index in [1.807, 2.05) is 36.4 Å². The number of amides is 1. The molecule has 0 radical (unpaired) electrons. The molecule has 110 valence electrons. The van der Waals surface area contributed by atoms with Crippen LogP contribution in [0.1, 0.15) is 11.1 Å². The fourth-order valence-corrected chi connectivity index (χ4v) is 1.90. The van der Waals surface area contributed by atoms with Crippen molar-refractivity contribution in [3.05, 3.63) is 59.7 Å². The molecule has 21 heavy (non-hydrogen) atoms. The van der Waals surface area contributed by atoms with Gasteiger partial charge in [-0.05, 0) is 42.3 Å². The van der Waals surface area contributed by atoms with Crippen LogP contribution in [0.2, 0.25) is 0 Å². The average molecular weight is 284 g/mol. The molecule has 4 nitrogen and oxygen atoms in total. The summed E-state index contributed by atoms with van der Waals surface area (Å²) in [5.41, 5.74) is 3.57. The second kappa shape index (κ2) is 7.33. The van der Waals surface area contributed by atoms with Crippen LogP contribution in [0.25, 0.3) is 0 Å². The van der Waals surface area contributed by atoms with Gasteiger partial charge in [-0.2, -0.15) is 0 Å². The van der Waals surface area contributed by atoms with Gasteiger partial charge in [-0.1, -0.05) is 24.3 Å². The molecule has 0 fully saturated rings. The molecule has 0 saturated carbocycles. The molecule has 2 rings (SSSR count). The van der Waals surface area contributed by atoms with Crippen molar-refractivity contribution in [1.29, 1.82) is 0 Å². The summed E-state index contributed by atoms with van der Waals surface area (Å²) in [5.74, 6) is 0.539. The van der Waals surface area contributed by atoms with E-state index in [9.17, 15) is 4.79 Å². The molecule has 0 spiro atoms. The summed E-state index contributed by atoms with van der Waals surface area (Å²) < 4.78 is 5.36. The summed E-state index contributed by atoms with van der Waals surface area (Å²) in [6.07, 6.45) is 0. The Kier molecular flexibility index (Phi) is 5.21. The lowest BCUT2D eigenvalue weighted by molar-refractivity contribution is -0.122. The van der Waals surface area contributed by atoms with Gasteiger partial charge in [0.2, 0.25) is 0 Å². The summed E-state index contributed by atoms with van der Waals surface area (Å²) in [6.45, 7) is 2.92. The van der Waals surface area contributed by atoms with Crippen molar-refractivity contribution in [3.8, 4) is 5.75 Å². The average Bonchev–Trinajstić information content (AvgIpc) is 2.53. The van der Waals surface area contributed by atoms with E-state index in [2.05, 4.69) is 29.7 Å². The largest absolute Gasteiger partial charge is 0.484 e. The van der Waals surface area contributed by atoms with Gasteiger partial charge in [-0.25, -0.2) is 0 Å². The molecule has 0 aliphatic carbocycles. The lowest BCUT2D eigenvalue weighted by Gasteiger charge is -2.10. The number of rotatable bonds is 6. The summed E-state index contributed by atoms with van der Waals surface area (Å²) >= 11 is 0. The van der Waals surface area contributed by atoms with E-state index in [1.165, 1.54) is 11.1 Å². The van der Waals surface area contributed by atoms with Gasteiger partial charge in [0.25, 0.3) is 5.91 Å². The van der Waals surface area contributed by atoms with E-state index >= 15 is 0 Å². The van der Waals surface area contributed by atoms with Crippen molar-refractivity contribution < 1.29 is 9.53 Å². The van der Waals surface area contributed by atoms with E-state index in [4.69, 9.17) is 4.74 Å². The zero-order chi connectivity index (χ0) is 15.1. The van der Waals surface area contributed by atoms with Crippen LogP contribution >= 0.6 is 0 Å². The zero-order valence-corrected chi connectivity index (χ0v) is 12.3. The number of likely N-dealkylation sites (N-methyl/N-ethyl adjacent to an activating group) is 1. The number of aryl methyl sites for hydroxylation is 1. The molecule has 0 atom stereocenters. The van der Waals surface area contributed by atoms with Crippen LogP contribution in [0, 0.1) is 6.92 Å². The molecule has 2 N–H and O–H groups in total. The highest BCUT2D eigenvalue weighted by atomic mass is 16.5. The maximum Gasteiger partial charge on any atom is 0.257 e. The first kappa shape index (κ1) is 14.9. The molecule has 1 amide bonds. The third kappa shape index (κ3) is 4.53. The van der Waals surface area contributed by atoms with Crippen molar-refractivity contribution in [2.24, 2.45) is 0 Å². The van der Waals surface area contributed by atoms with Crippen LogP contribution in [0.5, 0.6) is 5.75 Å². The molecule has 4 heteroatoms. The highest BCUT2D eigenvalue weighted by Crippen LogP contribution is 2.17. The topological polar surface area (TPSA) is 50.4 Å². The number of hydrogen-bond donors (Lipinski definition) is 2. The Hall–Kier alpha value is -2.49. The molecule has 0 unspecified atom stereocenters. The molecule has 2 aromatic rings. The van der Waals surface area contributed by atoms with Crippen molar-refractivity contribution in [2.45, 2.75) is 13.5 Å². The van der Waals surface area contributed by atoms with E-state index in [0.717, 1.165) is 12.2 Å². The van der Waals surface area contributed by atoms with Crippen molar-refractivity contribution in [2.75, 3.05) is 19.0 Å². The maximum absolute atomic E-state index is 11.1. The number of ether oxygens (including phenoxy) is 1. The molecular weight excluding hydrogens is 264 g/mol. The quantitative estimate of drug-likeness (QED) is 0.857. The SMILES string of the molecule is CNC(=O)COc1ccc(NCc2ccccc2C)cc1. The Bertz CT molecular complexity index is 594. The minimum Gasteiger partial charge on any atom is -0.484 e. The third-order valence-electron chi connectivity index (χ3n) is 3.25. The summed E-state index contributed by atoms with van der Waals surface area (Å²) in [4.78, 5) is 11.1. The second-order valence-electron chi connectivity index (χ2n) is 4.77. The molecule has 0 heterocycles. The van der Waals surface area contributed by atoms with E-state index in [-0.39, 0.29) is 12.5 Å². The number of hydrogen-bond acceptors (Lipinski definition) is 3. The fraction of sp³-hybridized carbons (Fsp3) is 0.235. The van der Waals surface area contributed by atoms with Gasteiger partial charge in [0, 0.05) is 19.3 Å². The molecule has 0 bridgehead atoms. The first-order valence-corrected chi connectivity index (χ1v) is 6.91. The lowest BCUT2D eigenvalue weighted by atomic mass is 10.1. The highest BCUT2D eigenvalue weighted by molar-refractivity contribution is 5.77. The van der Waals surface area contributed by atoms with Crippen LogP contribution < -0.4 is 15.4 Å². The van der Waals surface area contributed by atoms with Crippen molar-refractivity contribution >= 4 is 11.6 Å². The second-order valence-corrected chi connectivity index (χ2v) is 4.77. The molecule has 0 aliphatic rings. The monoisotopic (exact) mass is 284 g/mol. The predicted octanol–water partition coefficient (Wildman–Crippen LogP) is 2.73. The standard InChI is InChI=1S/C17H20N2O2/c1-13-5-3-4-6-14(13)11-19-15-7-9-16(10-8-15)21-12-17(20)18-2/h3-10,19H,11-12H2,1-2H3,(H,18,20). The van der Waals surface area contributed by atoms with Crippen LogP contribution in [0.3, 0.4) is 0 Å². The Morgan fingerprint density at radius 3 is 2.48 bits per heavy atom. The molecule has 0 aromatic heterocycles. The Balaban J connectivity index is 1.88. The minimum atomic E-state index is -0.142. The fourth-order valence-electron chi connectivity index (χ4n) is 1.90. The number of carbonyl (C=O) groups excluding carboxylic acids is 1. The van der Waals surface area contributed by atoms with Crippen LogP contribution in [-0.2, 0) is 11.3 Å². The first-order valence-electron chi connectivity index (χ1n) is 6.91. The molecule has 0 saturated heterocycles.